The molecular formula is C24H25F3N6O2. The van der Waals surface area contributed by atoms with E-state index in [0.29, 0.717) is 44.1 Å². The number of rotatable bonds is 7. The van der Waals surface area contributed by atoms with E-state index in [9.17, 15) is 22.8 Å². The highest BCUT2D eigenvalue weighted by atomic mass is 19.4. The summed E-state index contributed by atoms with van der Waals surface area (Å²) in [6.07, 6.45) is 3.19. The Morgan fingerprint density at radius 2 is 1.69 bits per heavy atom. The van der Waals surface area contributed by atoms with Gasteiger partial charge in [-0.15, -0.1) is 0 Å². The largest absolute Gasteiger partial charge is 0.416 e. The summed E-state index contributed by atoms with van der Waals surface area (Å²) in [6.45, 7) is 3.19. The first-order valence-electron chi connectivity index (χ1n) is 11.2. The molecule has 2 aromatic heterocycles. The quantitative estimate of drug-likeness (QED) is 0.519. The monoisotopic (exact) mass is 486 g/mol. The Morgan fingerprint density at radius 3 is 2.29 bits per heavy atom. The molecule has 184 valence electrons. The van der Waals surface area contributed by atoms with Crippen LogP contribution in [0.5, 0.6) is 0 Å². The number of piperazine rings is 1. The molecule has 0 aliphatic carbocycles. The lowest BCUT2D eigenvalue weighted by Crippen LogP contribution is -2.49. The zero-order valence-corrected chi connectivity index (χ0v) is 18.9. The van der Waals surface area contributed by atoms with E-state index >= 15 is 0 Å². The second-order valence-electron chi connectivity index (χ2n) is 8.17. The molecule has 11 heteroatoms. The number of carbonyl (C=O) groups excluding carboxylic acids is 2. The molecule has 0 radical (unpaired) electrons. The number of nitrogens with zero attached hydrogens (tertiary/aromatic N) is 5. The molecule has 1 aliphatic heterocycles. The van der Waals surface area contributed by atoms with Gasteiger partial charge in [0.25, 0.3) is 11.8 Å². The van der Waals surface area contributed by atoms with Crippen LogP contribution in [0.25, 0.3) is 0 Å². The Labute approximate surface area is 200 Å². The standard InChI is InChI=1S/C24H25F3N6O2/c25-24(26,27)20-5-2-18(3-6-20)23(35)33-14-12-32(13-15-33)21-7-4-19(16-30-21)22(34)29-8-1-10-31-11-9-28-17-31/h2-7,9,11,16-17H,1,8,10,12-15H2,(H,29,34). The molecule has 0 spiro atoms. The molecule has 3 aromatic rings. The summed E-state index contributed by atoms with van der Waals surface area (Å²) in [5, 5.41) is 2.87. The number of alkyl halides is 3. The van der Waals surface area contributed by atoms with Crippen LogP contribution < -0.4 is 10.2 Å². The fourth-order valence-electron chi connectivity index (χ4n) is 3.82. The van der Waals surface area contributed by atoms with Crippen molar-refractivity contribution in [2.45, 2.75) is 19.1 Å². The lowest BCUT2D eigenvalue weighted by Gasteiger charge is -2.35. The van der Waals surface area contributed by atoms with Crippen molar-refractivity contribution >= 4 is 17.6 Å². The lowest BCUT2D eigenvalue weighted by atomic mass is 10.1. The van der Waals surface area contributed by atoms with Gasteiger partial charge in [-0.3, -0.25) is 9.59 Å². The predicted molar refractivity (Wildman–Crippen MR) is 123 cm³/mol. The van der Waals surface area contributed by atoms with Crippen LogP contribution in [0.4, 0.5) is 19.0 Å². The number of anilines is 1. The first kappa shape index (κ1) is 24.2. The third-order valence-electron chi connectivity index (χ3n) is 5.80. The maximum absolute atomic E-state index is 12.7. The third-order valence-corrected chi connectivity index (χ3v) is 5.80. The summed E-state index contributed by atoms with van der Waals surface area (Å²) in [5.74, 6) is 0.205. The molecule has 0 unspecified atom stereocenters. The molecule has 1 N–H and O–H groups in total. The summed E-state index contributed by atoms with van der Waals surface area (Å²) >= 11 is 0. The third kappa shape index (κ3) is 6.17. The van der Waals surface area contributed by atoms with Gasteiger partial charge >= 0.3 is 6.18 Å². The fourth-order valence-corrected chi connectivity index (χ4v) is 3.82. The minimum atomic E-state index is -4.43. The second-order valence-corrected chi connectivity index (χ2v) is 8.17. The van der Waals surface area contributed by atoms with E-state index in [0.717, 1.165) is 25.1 Å². The number of benzene rings is 1. The smallest absolute Gasteiger partial charge is 0.353 e. The zero-order chi connectivity index (χ0) is 24.8. The van der Waals surface area contributed by atoms with Gasteiger partial charge in [-0.1, -0.05) is 0 Å². The Hall–Kier alpha value is -3.89. The number of hydrogen-bond donors (Lipinski definition) is 1. The summed E-state index contributed by atoms with van der Waals surface area (Å²) in [4.78, 5) is 37.0. The van der Waals surface area contributed by atoms with Gasteiger partial charge in [-0.2, -0.15) is 13.2 Å². The van der Waals surface area contributed by atoms with E-state index < -0.39 is 11.7 Å². The van der Waals surface area contributed by atoms with Gasteiger partial charge in [0.1, 0.15) is 5.82 Å². The van der Waals surface area contributed by atoms with Gasteiger partial charge in [-0.25, -0.2) is 9.97 Å². The molecule has 1 aromatic carbocycles. The van der Waals surface area contributed by atoms with Crippen LogP contribution in [0.15, 0.2) is 61.3 Å². The van der Waals surface area contributed by atoms with Crippen molar-refractivity contribution < 1.29 is 22.8 Å². The first-order valence-corrected chi connectivity index (χ1v) is 11.2. The van der Waals surface area contributed by atoms with E-state index in [-0.39, 0.29) is 17.4 Å². The van der Waals surface area contributed by atoms with Gasteiger partial charge in [0.15, 0.2) is 0 Å². The van der Waals surface area contributed by atoms with Crippen molar-refractivity contribution in [1.29, 1.82) is 0 Å². The Morgan fingerprint density at radius 1 is 0.971 bits per heavy atom. The summed E-state index contributed by atoms with van der Waals surface area (Å²) in [7, 11) is 0. The number of aryl methyl sites for hydroxylation is 1. The highest BCUT2D eigenvalue weighted by molar-refractivity contribution is 5.95. The molecular weight excluding hydrogens is 461 g/mol. The number of carbonyl (C=O) groups is 2. The minimum absolute atomic E-state index is 0.193. The van der Waals surface area contributed by atoms with E-state index in [2.05, 4.69) is 15.3 Å². The average Bonchev–Trinajstić information content (AvgIpc) is 3.39. The summed E-state index contributed by atoms with van der Waals surface area (Å²) < 4.78 is 40.1. The molecule has 1 saturated heterocycles. The lowest BCUT2D eigenvalue weighted by molar-refractivity contribution is -0.137. The molecule has 0 bridgehead atoms. The SMILES string of the molecule is O=C(NCCCn1ccnc1)c1ccc(N2CCN(C(=O)c3ccc(C(F)(F)F)cc3)CC2)nc1. The molecule has 35 heavy (non-hydrogen) atoms. The van der Waals surface area contributed by atoms with E-state index in [1.807, 2.05) is 15.7 Å². The molecule has 1 aliphatic rings. The van der Waals surface area contributed by atoms with E-state index in [4.69, 9.17) is 0 Å². The first-order chi connectivity index (χ1) is 16.8. The van der Waals surface area contributed by atoms with Gasteiger partial charge in [0, 0.05) is 63.4 Å². The predicted octanol–water partition coefficient (Wildman–Crippen LogP) is 3.08. The maximum Gasteiger partial charge on any atom is 0.416 e. The molecule has 4 rings (SSSR count). The highest BCUT2D eigenvalue weighted by Gasteiger charge is 2.30. The number of hydrogen-bond acceptors (Lipinski definition) is 5. The number of halogens is 3. The van der Waals surface area contributed by atoms with Crippen LogP contribution in [0.1, 0.15) is 32.7 Å². The molecule has 0 atom stereocenters. The van der Waals surface area contributed by atoms with Crippen LogP contribution in [0.3, 0.4) is 0 Å². The van der Waals surface area contributed by atoms with Crippen LogP contribution in [-0.4, -0.2) is 64.0 Å². The van der Waals surface area contributed by atoms with Crippen LogP contribution in [0.2, 0.25) is 0 Å². The van der Waals surface area contributed by atoms with Crippen LogP contribution >= 0.6 is 0 Å². The zero-order valence-electron chi connectivity index (χ0n) is 18.9. The Kier molecular flexibility index (Phi) is 7.33. The van der Waals surface area contributed by atoms with Crippen molar-refractivity contribution in [2.24, 2.45) is 0 Å². The number of aromatic nitrogens is 3. The normalized spacial score (nSPS) is 14.1. The summed E-state index contributed by atoms with van der Waals surface area (Å²) in [6, 6.07) is 7.75. The van der Waals surface area contributed by atoms with Crippen molar-refractivity contribution in [3.05, 3.63) is 78.0 Å². The minimum Gasteiger partial charge on any atom is -0.353 e. The molecule has 1 fully saturated rings. The summed E-state index contributed by atoms with van der Waals surface area (Å²) in [5.41, 5.74) is -0.0889. The topological polar surface area (TPSA) is 83.4 Å². The van der Waals surface area contributed by atoms with Gasteiger partial charge < -0.3 is 19.7 Å². The van der Waals surface area contributed by atoms with E-state index in [1.54, 1.807) is 29.6 Å². The van der Waals surface area contributed by atoms with Crippen molar-refractivity contribution in [3.63, 3.8) is 0 Å². The van der Waals surface area contributed by atoms with Gasteiger partial charge in [-0.05, 0) is 42.8 Å². The second kappa shape index (κ2) is 10.6. The fraction of sp³-hybridized carbons (Fsp3) is 0.333. The molecule has 2 amide bonds. The van der Waals surface area contributed by atoms with E-state index in [1.165, 1.54) is 18.3 Å². The molecule has 0 saturated carbocycles. The van der Waals surface area contributed by atoms with Crippen LogP contribution in [-0.2, 0) is 12.7 Å². The van der Waals surface area contributed by atoms with Gasteiger partial charge in [0.2, 0.25) is 0 Å². The van der Waals surface area contributed by atoms with Crippen molar-refractivity contribution in [1.82, 2.24) is 24.8 Å². The van der Waals surface area contributed by atoms with Crippen molar-refractivity contribution in [2.75, 3.05) is 37.6 Å². The van der Waals surface area contributed by atoms with Gasteiger partial charge in [0.05, 0.1) is 17.5 Å². The van der Waals surface area contributed by atoms with Crippen molar-refractivity contribution in [3.8, 4) is 0 Å². The van der Waals surface area contributed by atoms with Crippen LogP contribution in [0, 0.1) is 0 Å². The Bertz CT molecular complexity index is 1120. The maximum atomic E-state index is 12.7. The average molecular weight is 486 g/mol. The number of nitrogens with one attached hydrogen (secondary N) is 1. The number of amides is 2. The number of imidazole rings is 1. The highest BCUT2D eigenvalue weighted by Crippen LogP contribution is 2.29. The Balaban J connectivity index is 1.24. The number of pyridine rings is 1. The molecule has 3 heterocycles. The molecule has 8 nitrogen and oxygen atoms in total.